The molecule has 1 N–H and O–H groups in total. The lowest BCUT2D eigenvalue weighted by Crippen LogP contribution is -2.35. The van der Waals surface area contributed by atoms with Crippen molar-refractivity contribution >= 4 is 22.2 Å². The topological polar surface area (TPSA) is 66.7 Å². The molecule has 0 radical (unpaired) electrons. The lowest BCUT2D eigenvalue weighted by Gasteiger charge is -2.10. The van der Waals surface area contributed by atoms with Gasteiger partial charge >= 0.3 is 0 Å². The Hall–Kier alpha value is -1.73. The normalized spacial score (nSPS) is 13.9. The second-order valence-corrected chi connectivity index (χ2v) is 6.54. The number of thiazole rings is 1. The Morgan fingerprint density at radius 2 is 2.29 bits per heavy atom. The summed E-state index contributed by atoms with van der Waals surface area (Å²) in [6.45, 7) is 1.24. The first-order chi connectivity index (χ1) is 10.1. The average molecular weight is 306 g/mol. The van der Waals surface area contributed by atoms with E-state index >= 15 is 0 Å². The van der Waals surface area contributed by atoms with Crippen molar-refractivity contribution in [2.45, 2.75) is 19.3 Å². The summed E-state index contributed by atoms with van der Waals surface area (Å²) < 4.78 is 1.62. The smallest absolute Gasteiger partial charge is 0.271 e. The van der Waals surface area contributed by atoms with Crippen LogP contribution in [0.5, 0.6) is 0 Å². The Morgan fingerprint density at radius 3 is 3.05 bits per heavy atom. The highest BCUT2D eigenvalue weighted by Gasteiger charge is 2.22. The first-order valence-corrected chi connectivity index (χ1v) is 7.85. The van der Waals surface area contributed by atoms with Crippen LogP contribution in [-0.4, -0.2) is 47.4 Å². The highest BCUT2D eigenvalue weighted by molar-refractivity contribution is 7.17. The fourth-order valence-electron chi connectivity index (χ4n) is 2.55. The molecule has 1 aliphatic rings. The number of amides is 1. The first-order valence-electron chi connectivity index (χ1n) is 7.03. The Kier molecular flexibility index (Phi) is 3.77. The van der Waals surface area contributed by atoms with E-state index in [0.29, 0.717) is 11.5 Å². The van der Waals surface area contributed by atoms with Crippen LogP contribution in [0.15, 0.2) is 11.0 Å². The van der Waals surface area contributed by atoms with E-state index in [2.05, 4.69) is 10.3 Å². The van der Waals surface area contributed by atoms with Crippen LogP contribution >= 0.6 is 11.3 Å². The van der Waals surface area contributed by atoms with Gasteiger partial charge in [-0.1, -0.05) is 0 Å². The van der Waals surface area contributed by atoms with E-state index in [1.807, 2.05) is 19.0 Å². The molecule has 2 aromatic heterocycles. The predicted molar refractivity (Wildman–Crippen MR) is 82.3 cm³/mol. The average Bonchev–Trinajstić information content (AvgIpc) is 2.98. The molecule has 0 aromatic carbocycles. The summed E-state index contributed by atoms with van der Waals surface area (Å²) in [4.78, 5) is 32.8. The minimum absolute atomic E-state index is 0.124. The largest absolute Gasteiger partial charge is 0.351 e. The van der Waals surface area contributed by atoms with Gasteiger partial charge in [0.05, 0.1) is 0 Å². The Balaban J connectivity index is 1.91. The molecule has 21 heavy (non-hydrogen) atoms. The fourth-order valence-corrected chi connectivity index (χ4v) is 3.72. The van der Waals surface area contributed by atoms with Gasteiger partial charge < -0.3 is 10.2 Å². The maximum atomic E-state index is 12.5. The maximum Gasteiger partial charge on any atom is 0.271 e. The number of likely N-dealkylation sites (N-methyl/N-ethyl adjacent to an activating group) is 1. The van der Waals surface area contributed by atoms with Gasteiger partial charge in [0.25, 0.3) is 11.5 Å². The van der Waals surface area contributed by atoms with Crippen LogP contribution in [0.25, 0.3) is 4.96 Å². The summed E-state index contributed by atoms with van der Waals surface area (Å²) in [6.07, 6.45) is 4.37. The SMILES string of the molecule is CN(C)CCNC(=O)c1cnc2sc3c(n2c1=O)CCC3. The van der Waals surface area contributed by atoms with Gasteiger partial charge in [-0.15, -0.1) is 11.3 Å². The number of rotatable bonds is 4. The van der Waals surface area contributed by atoms with Crippen molar-refractivity contribution < 1.29 is 4.79 Å². The lowest BCUT2D eigenvalue weighted by molar-refractivity contribution is 0.0949. The van der Waals surface area contributed by atoms with Gasteiger partial charge in [-0.05, 0) is 33.4 Å². The van der Waals surface area contributed by atoms with Crippen molar-refractivity contribution in [2.24, 2.45) is 0 Å². The van der Waals surface area contributed by atoms with E-state index in [4.69, 9.17) is 0 Å². The van der Waals surface area contributed by atoms with E-state index < -0.39 is 0 Å². The molecule has 7 heteroatoms. The summed E-state index contributed by atoms with van der Waals surface area (Å²) >= 11 is 1.56. The highest BCUT2D eigenvalue weighted by atomic mass is 32.1. The first kappa shape index (κ1) is 14.2. The molecule has 0 fully saturated rings. The molecular weight excluding hydrogens is 288 g/mol. The fraction of sp³-hybridized carbons (Fsp3) is 0.500. The van der Waals surface area contributed by atoms with Crippen molar-refractivity contribution in [1.29, 1.82) is 0 Å². The van der Waals surface area contributed by atoms with Crippen molar-refractivity contribution in [1.82, 2.24) is 19.6 Å². The Morgan fingerprint density at radius 1 is 1.48 bits per heavy atom. The number of carbonyl (C=O) groups excluding carboxylic acids is 1. The van der Waals surface area contributed by atoms with E-state index in [1.54, 1.807) is 15.7 Å². The minimum Gasteiger partial charge on any atom is -0.351 e. The second-order valence-electron chi connectivity index (χ2n) is 5.48. The van der Waals surface area contributed by atoms with Crippen LogP contribution in [0.1, 0.15) is 27.3 Å². The molecular formula is C14H18N4O2S. The molecule has 2 heterocycles. The van der Waals surface area contributed by atoms with E-state index in [0.717, 1.165) is 31.5 Å². The Bertz CT molecular complexity index is 747. The van der Waals surface area contributed by atoms with Gasteiger partial charge in [-0.2, -0.15) is 0 Å². The molecule has 3 rings (SSSR count). The molecule has 0 saturated heterocycles. The third kappa shape index (κ3) is 2.58. The van der Waals surface area contributed by atoms with Crippen molar-refractivity contribution in [3.63, 3.8) is 0 Å². The number of hydrogen-bond acceptors (Lipinski definition) is 5. The maximum absolute atomic E-state index is 12.5. The molecule has 0 spiro atoms. The van der Waals surface area contributed by atoms with Crippen LogP contribution < -0.4 is 10.9 Å². The summed E-state index contributed by atoms with van der Waals surface area (Å²) in [5, 5.41) is 2.77. The quantitative estimate of drug-likeness (QED) is 0.895. The number of fused-ring (bicyclic) bond motifs is 3. The lowest BCUT2D eigenvalue weighted by atomic mass is 10.3. The molecule has 0 unspecified atom stereocenters. The molecule has 0 bridgehead atoms. The predicted octanol–water partition coefficient (Wildman–Crippen LogP) is 0.536. The zero-order valence-corrected chi connectivity index (χ0v) is 13.0. The van der Waals surface area contributed by atoms with Crippen molar-refractivity contribution in [3.05, 3.63) is 32.7 Å². The van der Waals surface area contributed by atoms with Gasteiger partial charge in [-0.3, -0.25) is 14.0 Å². The molecule has 0 saturated carbocycles. The third-order valence-corrected chi connectivity index (χ3v) is 4.80. The molecule has 112 valence electrons. The summed E-state index contributed by atoms with van der Waals surface area (Å²) in [7, 11) is 3.87. The number of nitrogens with one attached hydrogen (secondary N) is 1. The van der Waals surface area contributed by atoms with Crippen LogP contribution in [0.4, 0.5) is 0 Å². The standard InChI is InChI=1S/C14H18N4O2S/c1-17(2)7-6-15-12(19)9-8-16-14-18(13(9)20)10-4-3-5-11(10)21-14/h8H,3-7H2,1-2H3,(H,15,19). The Labute approximate surface area is 126 Å². The summed E-state index contributed by atoms with van der Waals surface area (Å²) in [6, 6.07) is 0. The van der Waals surface area contributed by atoms with Crippen molar-refractivity contribution in [2.75, 3.05) is 27.2 Å². The number of nitrogens with zero attached hydrogens (tertiary/aromatic N) is 3. The van der Waals surface area contributed by atoms with Gasteiger partial charge in [0.15, 0.2) is 4.96 Å². The summed E-state index contributed by atoms with van der Waals surface area (Å²) in [5.41, 5.74) is 0.913. The van der Waals surface area contributed by atoms with Gasteiger partial charge in [-0.25, -0.2) is 4.98 Å². The zero-order chi connectivity index (χ0) is 15.0. The van der Waals surface area contributed by atoms with Crippen LogP contribution in [-0.2, 0) is 12.8 Å². The monoisotopic (exact) mass is 306 g/mol. The molecule has 6 nitrogen and oxygen atoms in total. The third-order valence-electron chi connectivity index (χ3n) is 3.64. The molecule has 0 aliphatic heterocycles. The van der Waals surface area contributed by atoms with E-state index in [9.17, 15) is 9.59 Å². The molecule has 2 aromatic rings. The van der Waals surface area contributed by atoms with Crippen LogP contribution in [0, 0.1) is 0 Å². The number of aromatic nitrogens is 2. The molecule has 0 atom stereocenters. The van der Waals surface area contributed by atoms with Gasteiger partial charge in [0.1, 0.15) is 5.56 Å². The second kappa shape index (κ2) is 5.57. The van der Waals surface area contributed by atoms with Gasteiger partial charge in [0, 0.05) is 29.9 Å². The number of carbonyl (C=O) groups is 1. The zero-order valence-electron chi connectivity index (χ0n) is 12.2. The number of aryl methyl sites for hydroxylation is 2. The van der Waals surface area contributed by atoms with Crippen molar-refractivity contribution in [3.8, 4) is 0 Å². The molecule has 1 aliphatic carbocycles. The number of hydrogen-bond donors (Lipinski definition) is 1. The van der Waals surface area contributed by atoms with Gasteiger partial charge in [0.2, 0.25) is 0 Å². The minimum atomic E-state index is -0.346. The summed E-state index contributed by atoms with van der Waals surface area (Å²) in [5.74, 6) is -0.346. The van der Waals surface area contributed by atoms with E-state index in [-0.39, 0.29) is 17.0 Å². The highest BCUT2D eigenvalue weighted by Crippen LogP contribution is 2.28. The molecule has 1 amide bonds. The van der Waals surface area contributed by atoms with Crippen LogP contribution in [0.3, 0.4) is 0 Å². The van der Waals surface area contributed by atoms with E-state index in [1.165, 1.54) is 11.1 Å². The van der Waals surface area contributed by atoms with Crippen LogP contribution in [0.2, 0.25) is 0 Å².